The SMILES string of the molecule is CC(=O)OCC(O)C(O)C(O)C(O)COCOCC(O)C(O)C(O)C(O)CO. The van der Waals surface area contributed by atoms with Crippen molar-refractivity contribution in [1.29, 1.82) is 0 Å². The van der Waals surface area contributed by atoms with Crippen molar-refractivity contribution >= 4 is 5.97 Å². The molecule has 0 aliphatic rings. The van der Waals surface area contributed by atoms with Gasteiger partial charge in [-0.05, 0) is 0 Å². The summed E-state index contributed by atoms with van der Waals surface area (Å²) >= 11 is 0. The summed E-state index contributed by atoms with van der Waals surface area (Å²) in [6.45, 7) is -1.90. The number of hydrogen-bond donors (Lipinski definition) is 9. The predicted octanol–water partition coefficient (Wildman–Crippen LogP) is -5.58. The van der Waals surface area contributed by atoms with Gasteiger partial charge < -0.3 is 60.2 Å². The lowest BCUT2D eigenvalue weighted by Gasteiger charge is -2.26. The Morgan fingerprint density at radius 1 is 0.679 bits per heavy atom. The Morgan fingerprint density at radius 3 is 1.39 bits per heavy atom. The average Bonchev–Trinajstić information content (AvgIpc) is 2.68. The lowest BCUT2D eigenvalue weighted by atomic mass is 10.0. The van der Waals surface area contributed by atoms with E-state index in [2.05, 4.69) is 4.74 Å². The van der Waals surface area contributed by atoms with E-state index in [4.69, 9.17) is 19.7 Å². The smallest absolute Gasteiger partial charge is 0.302 e. The van der Waals surface area contributed by atoms with Crippen LogP contribution in [0.3, 0.4) is 0 Å². The molecule has 0 saturated carbocycles. The fraction of sp³-hybridized carbons (Fsp3) is 0.933. The molecule has 0 aromatic carbocycles. The molecule has 0 rings (SSSR count). The van der Waals surface area contributed by atoms with Gasteiger partial charge in [-0.2, -0.15) is 0 Å². The predicted molar refractivity (Wildman–Crippen MR) is 88.5 cm³/mol. The molecule has 0 radical (unpaired) electrons. The van der Waals surface area contributed by atoms with Crippen molar-refractivity contribution in [2.24, 2.45) is 0 Å². The van der Waals surface area contributed by atoms with Crippen LogP contribution in [0.4, 0.5) is 0 Å². The summed E-state index contributed by atoms with van der Waals surface area (Å²) in [6, 6.07) is 0. The van der Waals surface area contributed by atoms with E-state index in [1.54, 1.807) is 0 Å². The number of hydrogen-bond acceptors (Lipinski definition) is 13. The first kappa shape index (κ1) is 27.0. The minimum absolute atomic E-state index is 0.516. The summed E-state index contributed by atoms with van der Waals surface area (Å²) in [5, 5.41) is 85.0. The molecule has 0 heterocycles. The first-order chi connectivity index (χ1) is 13.0. The van der Waals surface area contributed by atoms with Crippen LogP contribution in [-0.4, -0.2) is 134 Å². The summed E-state index contributed by atoms with van der Waals surface area (Å²) in [4.78, 5) is 10.6. The first-order valence-corrected chi connectivity index (χ1v) is 8.37. The van der Waals surface area contributed by atoms with E-state index >= 15 is 0 Å². The maximum atomic E-state index is 10.6. The fourth-order valence-corrected chi connectivity index (χ4v) is 1.91. The highest BCUT2D eigenvalue weighted by Crippen LogP contribution is 2.08. The fourth-order valence-electron chi connectivity index (χ4n) is 1.91. The zero-order chi connectivity index (χ0) is 21.9. The van der Waals surface area contributed by atoms with Crippen LogP contribution in [0, 0.1) is 0 Å². The number of esters is 1. The molecular weight excluding hydrogens is 388 g/mol. The molecule has 8 atom stereocenters. The maximum absolute atomic E-state index is 10.6. The van der Waals surface area contributed by atoms with E-state index in [0.29, 0.717) is 0 Å². The van der Waals surface area contributed by atoms with Gasteiger partial charge in [0, 0.05) is 6.92 Å². The zero-order valence-electron chi connectivity index (χ0n) is 15.3. The van der Waals surface area contributed by atoms with Gasteiger partial charge in [0.25, 0.3) is 0 Å². The minimum atomic E-state index is -1.83. The van der Waals surface area contributed by atoms with Crippen molar-refractivity contribution in [3.63, 3.8) is 0 Å². The minimum Gasteiger partial charge on any atom is -0.463 e. The van der Waals surface area contributed by atoms with Crippen molar-refractivity contribution in [3.8, 4) is 0 Å². The number of carbonyl (C=O) groups is 1. The van der Waals surface area contributed by atoms with Crippen LogP contribution >= 0.6 is 0 Å². The largest absolute Gasteiger partial charge is 0.463 e. The van der Waals surface area contributed by atoms with Gasteiger partial charge in [0.15, 0.2) is 0 Å². The molecule has 0 aliphatic carbocycles. The molecule has 0 bridgehead atoms. The number of rotatable bonds is 15. The Labute approximate surface area is 160 Å². The molecule has 0 amide bonds. The molecule has 13 heteroatoms. The van der Waals surface area contributed by atoms with Crippen molar-refractivity contribution < 1.29 is 65.0 Å². The summed E-state index contributed by atoms with van der Waals surface area (Å²) < 4.78 is 14.1. The molecule has 0 fully saturated rings. The lowest BCUT2D eigenvalue weighted by molar-refractivity contribution is -0.166. The van der Waals surface area contributed by atoms with Gasteiger partial charge in [-0.25, -0.2) is 0 Å². The van der Waals surface area contributed by atoms with Gasteiger partial charge in [0.05, 0.1) is 19.8 Å². The molecule has 9 N–H and O–H groups in total. The topological polar surface area (TPSA) is 227 Å². The zero-order valence-corrected chi connectivity index (χ0v) is 15.3. The van der Waals surface area contributed by atoms with Crippen LogP contribution in [0.25, 0.3) is 0 Å². The molecule has 13 nitrogen and oxygen atoms in total. The maximum Gasteiger partial charge on any atom is 0.302 e. The third kappa shape index (κ3) is 9.99. The third-order valence-electron chi connectivity index (χ3n) is 3.67. The van der Waals surface area contributed by atoms with E-state index in [0.717, 1.165) is 6.92 Å². The Balaban J connectivity index is 4.10. The second kappa shape index (κ2) is 14.1. The summed E-state index contributed by atoms with van der Waals surface area (Å²) in [7, 11) is 0. The summed E-state index contributed by atoms with van der Waals surface area (Å²) in [5.74, 6) is -0.701. The van der Waals surface area contributed by atoms with Crippen LogP contribution in [-0.2, 0) is 19.0 Å². The molecule has 168 valence electrons. The average molecular weight is 418 g/mol. The van der Waals surface area contributed by atoms with Crippen LogP contribution < -0.4 is 0 Å². The normalized spacial score (nSPS) is 20.5. The lowest BCUT2D eigenvalue weighted by Crippen LogP contribution is -2.48. The van der Waals surface area contributed by atoms with Gasteiger partial charge in [-0.3, -0.25) is 4.79 Å². The molecule has 0 saturated heterocycles. The van der Waals surface area contributed by atoms with Crippen molar-refractivity contribution in [3.05, 3.63) is 0 Å². The second-order valence-electron chi connectivity index (χ2n) is 6.08. The van der Waals surface area contributed by atoms with Gasteiger partial charge in [-0.15, -0.1) is 0 Å². The highest BCUT2D eigenvalue weighted by Gasteiger charge is 2.32. The van der Waals surface area contributed by atoms with Crippen LogP contribution in [0.5, 0.6) is 0 Å². The highest BCUT2D eigenvalue weighted by atomic mass is 16.7. The molecule has 8 unspecified atom stereocenters. The molecule has 28 heavy (non-hydrogen) atoms. The van der Waals surface area contributed by atoms with Gasteiger partial charge >= 0.3 is 5.97 Å². The summed E-state index contributed by atoms with van der Waals surface area (Å²) in [5.41, 5.74) is 0. The standard InChI is InChI=1S/C15H30O13/c1-7(17)28-5-11(21)15(25)14(24)10(20)4-27-6-26-3-9(19)13(23)12(22)8(18)2-16/h8-16,18-25H,2-6H2,1H3. The van der Waals surface area contributed by atoms with Crippen LogP contribution in [0.15, 0.2) is 0 Å². The number of ether oxygens (including phenoxy) is 3. The van der Waals surface area contributed by atoms with Gasteiger partial charge in [0.2, 0.25) is 0 Å². The number of aliphatic hydroxyl groups is 9. The van der Waals surface area contributed by atoms with Crippen molar-refractivity contribution in [2.45, 2.75) is 55.8 Å². The Hall–Kier alpha value is -0.970. The number of carbonyl (C=O) groups excluding carboxylic acids is 1. The Morgan fingerprint density at radius 2 is 1.04 bits per heavy atom. The van der Waals surface area contributed by atoms with E-state index in [1.165, 1.54) is 0 Å². The van der Waals surface area contributed by atoms with E-state index < -0.39 is 88.0 Å². The first-order valence-electron chi connectivity index (χ1n) is 8.37. The van der Waals surface area contributed by atoms with E-state index in [1.807, 2.05) is 0 Å². The molecular formula is C15H30O13. The van der Waals surface area contributed by atoms with Gasteiger partial charge in [-0.1, -0.05) is 0 Å². The van der Waals surface area contributed by atoms with Gasteiger partial charge in [0.1, 0.15) is 62.2 Å². The molecule has 0 aliphatic heterocycles. The highest BCUT2D eigenvalue weighted by molar-refractivity contribution is 5.65. The van der Waals surface area contributed by atoms with Crippen molar-refractivity contribution in [1.82, 2.24) is 0 Å². The van der Waals surface area contributed by atoms with E-state index in [9.17, 15) is 40.5 Å². The Kier molecular flexibility index (Phi) is 13.6. The van der Waals surface area contributed by atoms with E-state index in [-0.39, 0.29) is 0 Å². The van der Waals surface area contributed by atoms with Crippen LogP contribution in [0.2, 0.25) is 0 Å². The number of aliphatic hydroxyl groups excluding tert-OH is 9. The molecule has 0 aromatic heterocycles. The monoisotopic (exact) mass is 418 g/mol. The summed E-state index contributed by atoms with van der Waals surface area (Å²) in [6.07, 6.45) is -13.8. The third-order valence-corrected chi connectivity index (χ3v) is 3.67. The van der Waals surface area contributed by atoms with Crippen molar-refractivity contribution in [2.75, 3.05) is 33.2 Å². The quantitative estimate of drug-likeness (QED) is 0.0687. The van der Waals surface area contributed by atoms with Crippen LogP contribution in [0.1, 0.15) is 6.92 Å². The molecule has 0 spiro atoms. The molecule has 0 aromatic rings. The second-order valence-corrected chi connectivity index (χ2v) is 6.08. The Bertz CT molecular complexity index is 423.